The number of carbonyl (C=O) groups is 1. The summed E-state index contributed by atoms with van der Waals surface area (Å²) in [5.41, 5.74) is -1.80. The van der Waals surface area contributed by atoms with Gasteiger partial charge < -0.3 is 14.7 Å². The van der Waals surface area contributed by atoms with Gasteiger partial charge in [0, 0.05) is 36.0 Å². The molecular weight excluding hydrogens is 496 g/mol. The summed E-state index contributed by atoms with van der Waals surface area (Å²) in [6.45, 7) is 23.3. The van der Waals surface area contributed by atoms with Crippen molar-refractivity contribution in [3.8, 4) is 0 Å². The molecule has 5 nitrogen and oxygen atoms in total. The number of carbonyl (C=O) groups excluding carboxylic acids is 1. The highest BCUT2D eigenvalue weighted by molar-refractivity contribution is 5.88. The molecule has 3 rings (SSSR count). The molecule has 2 saturated heterocycles. The predicted octanol–water partition coefficient (Wildman–Crippen LogP) is 8.61. The van der Waals surface area contributed by atoms with Crippen LogP contribution in [-0.4, -0.2) is 61.4 Å². The first kappa shape index (κ1) is 33.8. The number of hydrogen-bond donors (Lipinski definition) is 1. The Hall–Kier alpha value is -0.650. The van der Waals surface area contributed by atoms with Crippen LogP contribution in [0.1, 0.15) is 172 Å². The van der Waals surface area contributed by atoms with Crippen LogP contribution in [0.2, 0.25) is 0 Å². The van der Waals surface area contributed by atoms with Gasteiger partial charge in [-0.3, -0.25) is 9.69 Å². The molecule has 0 bridgehead atoms. The third-order valence-corrected chi connectivity index (χ3v) is 10.9. The Morgan fingerprint density at radius 1 is 0.800 bits per heavy atom. The van der Waals surface area contributed by atoms with E-state index in [0.29, 0.717) is 25.8 Å². The number of ether oxygens (including phenoxy) is 1. The van der Waals surface area contributed by atoms with E-state index in [9.17, 15) is 9.90 Å². The maximum absolute atomic E-state index is 14.9. The Kier molecular flexibility index (Phi) is 10.6. The number of amides is 1. The third kappa shape index (κ3) is 7.28. The first-order chi connectivity index (χ1) is 18.5. The highest BCUT2D eigenvalue weighted by atomic mass is 16.6. The molecule has 0 radical (unpaired) electrons. The van der Waals surface area contributed by atoms with Crippen LogP contribution >= 0.6 is 0 Å². The van der Waals surface area contributed by atoms with Crippen LogP contribution < -0.4 is 0 Å². The van der Waals surface area contributed by atoms with Gasteiger partial charge in [0.15, 0.2) is 5.60 Å². The Morgan fingerprint density at radius 2 is 1.25 bits per heavy atom. The van der Waals surface area contributed by atoms with Crippen molar-refractivity contribution in [2.75, 3.05) is 6.54 Å². The van der Waals surface area contributed by atoms with Gasteiger partial charge in [0.2, 0.25) is 0 Å². The molecule has 0 aromatic rings. The lowest BCUT2D eigenvalue weighted by atomic mass is 9.68. The fourth-order valence-electron chi connectivity index (χ4n) is 9.19. The number of hydrogen-bond acceptors (Lipinski definition) is 4. The minimum absolute atomic E-state index is 0.0166. The molecule has 5 heteroatoms. The summed E-state index contributed by atoms with van der Waals surface area (Å²) in [7, 11) is 0. The van der Waals surface area contributed by atoms with Crippen molar-refractivity contribution < 1.29 is 14.6 Å². The summed E-state index contributed by atoms with van der Waals surface area (Å²) < 4.78 is 7.41. The number of aliphatic hydroxyl groups is 1. The monoisotopic (exact) mass is 563 g/mol. The molecule has 1 atom stereocenters. The summed E-state index contributed by atoms with van der Waals surface area (Å²) >= 11 is 0. The molecule has 2 heterocycles. The number of nitrogens with zero attached hydrogens (tertiary/aromatic N) is 2. The standard InChI is InChI=1S/C35H66N2O3/c1-11-30(3,4)24-28(38)25-36-29(39)34(26-32(7,8)37(31(5,6)12-2)33(9,10)27-34)40-35(36)22-20-18-16-14-13-15-17-19-21-23-35/h28,38H,11-27H2,1-10H3. The van der Waals surface area contributed by atoms with Crippen molar-refractivity contribution in [2.24, 2.45) is 5.41 Å². The van der Waals surface area contributed by atoms with Crippen LogP contribution in [0.5, 0.6) is 0 Å². The summed E-state index contributed by atoms with van der Waals surface area (Å²) in [5, 5.41) is 11.4. The predicted molar refractivity (Wildman–Crippen MR) is 167 cm³/mol. The van der Waals surface area contributed by atoms with E-state index < -0.39 is 17.4 Å². The fraction of sp³-hybridized carbons (Fsp3) is 0.971. The van der Waals surface area contributed by atoms with Crippen molar-refractivity contribution in [1.82, 2.24) is 9.80 Å². The summed E-state index contributed by atoms with van der Waals surface area (Å²) in [4.78, 5) is 19.6. The molecule has 3 fully saturated rings. The summed E-state index contributed by atoms with van der Waals surface area (Å²) in [6.07, 6.45) is 16.4. The molecule has 2 aliphatic heterocycles. The van der Waals surface area contributed by atoms with Gasteiger partial charge in [-0.1, -0.05) is 79.1 Å². The average molecular weight is 563 g/mol. The van der Waals surface area contributed by atoms with Crippen molar-refractivity contribution >= 4 is 5.91 Å². The van der Waals surface area contributed by atoms with Crippen LogP contribution in [0.25, 0.3) is 0 Å². The summed E-state index contributed by atoms with van der Waals surface area (Å²) in [5.74, 6) is 0.142. The molecule has 1 amide bonds. The van der Waals surface area contributed by atoms with Gasteiger partial charge in [-0.25, -0.2) is 0 Å². The smallest absolute Gasteiger partial charge is 0.257 e. The number of piperidine rings is 1. The Bertz CT molecular complexity index is 816. The third-order valence-electron chi connectivity index (χ3n) is 10.9. The number of rotatable bonds is 7. The molecule has 40 heavy (non-hydrogen) atoms. The maximum Gasteiger partial charge on any atom is 0.257 e. The fourth-order valence-corrected chi connectivity index (χ4v) is 9.19. The lowest BCUT2D eigenvalue weighted by molar-refractivity contribution is -0.215. The first-order valence-corrected chi connectivity index (χ1v) is 17.0. The molecule has 234 valence electrons. The van der Waals surface area contributed by atoms with Gasteiger partial charge in [0.1, 0.15) is 5.72 Å². The van der Waals surface area contributed by atoms with Gasteiger partial charge >= 0.3 is 0 Å². The normalized spacial score (nSPS) is 27.0. The van der Waals surface area contributed by atoms with E-state index in [-0.39, 0.29) is 27.9 Å². The van der Waals surface area contributed by atoms with E-state index in [1.54, 1.807) is 0 Å². The van der Waals surface area contributed by atoms with Gasteiger partial charge in [-0.05, 0) is 85.5 Å². The topological polar surface area (TPSA) is 53.0 Å². The molecule has 1 saturated carbocycles. The molecule has 2 spiro atoms. The van der Waals surface area contributed by atoms with Crippen molar-refractivity contribution in [2.45, 2.75) is 206 Å². The molecule has 1 aliphatic carbocycles. The second kappa shape index (κ2) is 12.5. The second-order valence-corrected chi connectivity index (χ2v) is 16.5. The number of aliphatic hydroxyl groups excluding tert-OH is 1. The van der Waals surface area contributed by atoms with Gasteiger partial charge in [-0.15, -0.1) is 0 Å². The van der Waals surface area contributed by atoms with Crippen LogP contribution in [0, 0.1) is 5.41 Å². The van der Waals surface area contributed by atoms with Crippen molar-refractivity contribution in [3.05, 3.63) is 0 Å². The molecule has 0 aromatic carbocycles. The van der Waals surface area contributed by atoms with E-state index in [2.05, 4.69) is 79.0 Å². The van der Waals surface area contributed by atoms with E-state index in [0.717, 1.165) is 38.5 Å². The molecule has 1 N–H and O–H groups in total. The first-order valence-electron chi connectivity index (χ1n) is 17.0. The highest BCUT2D eigenvalue weighted by Gasteiger charge is 2.67. The van der Waals surface area contributed by atoms with Crippen LogP contribution in [0.3, 0.4) is 0 Å². The lowest BCUT2D eigenvalue weighted by Crippen LogP contribution is -2.72. The Balaban J connectivity index is 2.03. The van der Waals surface area contributed by atoms with Crippen LogP contribution in [0.4, 0.5) is 0 Å². The van der Waals surface area contributed by atoms with Crippen LogP contribution in [-0.2, 0) is 9.53 Å². The van der Waals surface area contributed by atoms with E-state index in [4.69, 9.17) is 4.74 Å². The average Bonchev–Trinajstić information content (AvgIpc) is 3.01. The van der Waals surface area contributed by atoms with Crippen molar-refractivity contribution in [1.29, 1.82) is 0 Å². The molecule has 3 aliphatic rings. The Labute approximate surface area is 248 Å². The molecule has 1 unspecified atom stereocenters. The molecule has 0 aromatic heterocycles. The zero-order chi connectivity index (χ0) is 30.0. The number of β-amino-alcohol motifs (C(OH)–C–C–N with tert-alkyl or cyclic N) is 1. The lowest BCUT2D eigenvalue weighted by Gasteiger charge is -2.63. The van der Waals surface area contributed by atoms with Crippen molar-refractivity contribution in [3.63, 3.8) is 0 Å². The van der Waals surface area contributed by atoms with Crippen LogP contribution in [0.15, 0.2) is 0 Å². The maximum atomic E-state index is 14.9. The highest BCUT2D eigenvalue weighted by Crippen LogP contribution is 2.55. The largest absolute Gasteiger partial charge is 0.391 e. The van der Waals surface area contributed by atoms with E-state index >= 15 is 0 Å². The minimum Gasteiger partial charge on any atom is -0.391 e. The molecular formula is C35H66N2O3. The van der Waals surface area contributed by atoms with E-state index in [1.165, 1.54) is 44.9 Å². The summed E-state index contributed by atoms with van der Waals surface area (Å²) in [6, 6.07) is 0. The zero-order valence-corrected chi connectivity index (χ0v) is 28.3. The zero-order valence-electron chi connectivity index (χ0n) is 28.3. The van der Waals surface area contributed by atoms with Gasteiger partial charge in [-0.2, -0.15) is 0 Å². The van der Waals surface area contributed by atoms with Gasteiger partial charge in [0.25, 0.3) is 5.91 Å². The Morgan fingerprint density at radius 3 is 1.68 bits per heavy atom. The second-order valence-electron chi connectivity index (χ2n) is 16.5. The minimum atomic E-state index is -0.843. The SMILES string of the molecule is CCC(C)(C)CC(O)CN1C(=O)C2(CC(C)(C)N(C(C)(C)CC)C(C)(C)C2)OC12CCCCCCCCCCC2. The quantitative estimate of drug-likeness (QED) is 0.337. The van der Waals surface area contributed by atoms with E-state index in [1.807, 2.05) is 0 Å². The number of likely N-dealkylation sites (tertiary alicyclic amines) is 1. The van der Waals surface area contributed by atoms with Gasteiger partial charge in [0.05, 0.1) is 6.10 Å².